The Kier molecular flexibility index (Phi) is 3.85. The van der Waals surface area contributed by atoms with Gasteiger partial charge in [0.1, 0.15) is 0 Å². The maximum absolute atomic E-state index is 11.9. The van der Waals surface area contributed by atoms with Crippen LogP contribution in [0.15, 0.2) is 12.3 Å². The lowest BCUT2D eigenvalue weighted by Crippen LogP contribution is -2.26. The van der Waals surface area contributed by atoms with Gasteiger partial charge in [0, 0.05) is 45.0 Å². The number of hydrogen-bond acceptors (Lipinski definition) is 5. The first-order valence-corrected chi connectivity index (χ1v) is 7.03. The van der Waals surface area contributed by atoms with Crippen molar-refractivity contribution in [2.45, 2.75) is 19.5 Å². The molecular formula is C13H15ClN6O. The van der Waals surface area contributed by atoms with E-state index in [2.05, 4.69) is 31.8 Å². The SMILES string of the molecule is Cn1nc(C(=O)NCc2cnc3c(c2)CNCC3)nc1Cl. The number of fused-ring (bicyclic) bond motifs is 1. The predicted molar refractivity (Wildman–Crippen MR) is 76.8 cm³/mol. The van der Waals surface area contributed by atoms with E-state index in [-0.39, 0.29) is 17.0 Å². The molecule has 1 aliphatic rings. The molecular weight excluding hydrogens is 292 g/mol. The molecule has 8 heteroatoms. The molecule has 0 aliphatic carbocycles. The zero-order valence-corrected chi connectivity index (χ0v) is 12.3. The zero-order chi connectivity index (χ0) is 14.8. The minimum Gasteiger partial charge on any atom is -0.345 e. The Balaban J connectivity index is 1.66. The fourth-order valence-electron chi connectivity index (χ4n) is 2.22. The number of halogens is 1. The third kappa shape index (κ3) is 3.03. The molecule has 2 N–H and O–H groups in total. The number of amides is 1. The van der Waals surface area contributed by atoms with E-state index >= 15 is 0 Å². The van der Waals surface area contributed by atoms with Crippen LogP contribution in [-0.4, -0.2) is 32.2 Å². The molecule has 2 aromatic heterocycles. The zero-order valence-electron chi connectivity index (χ0n) is 11.6. The highest BCUT2D eigenvalue weighted by Crippen LogP contribution is 2.13. The molecule has 0 radical (unpaired) electrons. The summed E-state index contributed by atoms with van der Waals surface area (Å²) < 4.78 is 1.35. The largest absolute Gasteiger partial charge is 0.345 e. The third-order valence-electron chi connectivity index (χ3n) is 3.34. The second kappa shape index (κ2) is 5.79. The molecule has 1 amide bonds. The van der Waals surface area contributed by atoms with Crippen LogP contribution >= 0.6 is 11.6 Å². The fourth-order valence-corrected chi connectivity index (χ4v) is 2.33. The van der Waals surface area contributed by atoms with E-state index in [9.17, 15) is 4.79 Å². The summed E-state index contributed by atoms with van der Waals surface area (Å²) in [5.74, 6) is -0.288. The molecule has 0 bridgehead atoms. The first kappa shape index (κ1) is 14.0. The summed E-state index contributed by atoms with van der Waals surface area (Å²) in [5.41, 5.74) is 3.27. The Bertz CT molecular complexity index is 664. The van der Waals surface area contributed by atoms with Crippen LogP contribution in [-0.2, 0) is 26.6 Å². The smallest absolute Gasteiger partial charge is 0.291 e. The highest BCUT2D eigenvalue weighted by atomic mass is 35.5. The highest BCUT2D eigenvalue weighted by Gasteiger charge is 2.14. The first-order chi connectivity index (χ1) is 10.1. The van der Waals surface area contributed by atoms with E-state index in [1.807, 2.05) is 0 Å². The number of rotatable bonds is 3. The molecule has 3 rings (SSSR count). The highest BCUT2D eigenvalue weighted by molar-refractivity contribution is 6.28. The molecule has 7 nitrogen and oxygen atoms in total. The van der Waals surface area contributed by atoms with Gasteiger partial charge in [-0.25, -0.2) is 4.68 Å². The normalized spacial score (nSPS) is 13.8. The molecule has 0 spiro atoms. The van der Waals surface area contributed by atoms with Crippen LogP contribution in [0.2, 0.25) is 5.28 Å². The fraction of sp³-hybridized carbons (Fsp3) is 0.385. The number of nitrogens with one attached hydrogen (secondary N) is 2. The third-order valence-corrected chi connectivity index (χ3v) is 3.67. The van der Waals surface area contributed by atoms with Gasteiger partial charge in [-0.05, 0) is 28.8 Å². The predicted octanol–water partition coefficient (Wildman–Crippen LogP) is 0.439. The van der Waals surface area contributed by atoms with Gasteiger partial charge in [0.25, 0.3) is 5.91 Å². The van der Waals surface area contributed by atoms with Crippen molar-refractivity contribution in [1.82, 2.24) is 30.4 Å². The van der Waals surface area contributed by atoms with E-state index in [1.165, 1.54) is 10.2 Å². The monoisotopic (exact) mass is 306 g/mol. The van der Waals surface area contributed by atoms with Crippen molar-refractivity contribution in [3.05, 3.63) is 40.2 Å². The number of nitrogens with zero attached hydrogens (tertiary/aromatic N) is 4. The van der Waals surface area contributed by atoms with E-state index in [0.717, 1.165) is 30.8 Å². The van der Waals surface area contributed by atoms with Gasteiger partial charge < -0.3 is 10.6 Å². The van der Waals surface area contributed by atoms with E-state index in [1.54, 1.807) is 13.2 Å². The average Bonchev–Trinajstić information content (AvgIpc) is 2.84. The molecule has 0 saturated heterocycles. The van der Waals surface area contributed by atoms with Crippen molar-refractivity contribution in [1.29, 1.82) is 0 Å². The van der Waals surface area contributed by atoms with Gasteiger partial charge in [0.15, 0.2) is 0 Å². The number of pyridine rings is 1. The molecule has 1 aliphatic heterocycles. The van der Waals surface area contributed by atoms with Gasteiger partial charge in [-0.1, -0.05) is 0 Å². The second-order valence-electron chi connectivity index (χ2n) is 4.89. The summed E-state index contributed by atoms with van der Waals surface area (Å²) in [4.78, 5) is 20.2. The van der Waals surface area contributed by atoms with Crippen molar-refractivity contribution in [3.8, 4) is 0 Å². The van der Waals surface area contributed by atoms with Crippen molar-refractivity contribution in [2.24, 2.45) is 7.05 Å². The van der Waals surface area contributed by atoms with Gasteiger partial charge in [0.2, 0.25) is 11.1 Å². The molecule has 21 heavy (non-hydrogen) atoms. The van der Waals surface area contributed by atoms with Gasteiger partial charge in [-0.3, -0.25) is 9.78 Å². The minimum atomic E-state index is -0.353. The lowest BCUT2D eigenvalue weighted by molar-refractivity contribution is 0.0940. The molecule has 0 fully saturated rings. The average molecular weight is 307 g/mol. The Hall–Kier alpha value is -1.99. The molecule has 3 heterocycles. The van der Waals surface area contributed by atoms with Crippen LogP contribution in [0.3, 0.4) is 0 Å². The molecule has 0 saturated carbocycles. The van der Waals surface area contributed by atoms with Gasteiger partial charge in [-0.15, -0.1) is 5.10 Å². The first-order valence-electron chi connectivity index (χ1n) is 6.65. The standard InChI is InChI=1S/C13H15ClN6O/c1-20-13(14)18-11(19-20)12(21)17-6-8-4-9-7-15-3-2-10(9)16-5-8/h4-5,15H,2-3,6-7H2,1H3,(H,17,21). The lowest BCUT2D eigenvalue weighted by Gasteiger charge is -2.16. The Morgan fingerprint density at radius 1 is 1.57 bits per heavy atom. The Morgan fingerprint density at radius 2 is 2.43 bits per heavy atom. The van der Waals surface area contributed by atoms with Gasteiger partial charge in [-0.2, -0.15) is 4.98 Å². The maximum Gasteiger partial charge on any atom is 0.291 e. The summed E-state index contributed by atoms with van der Waals surface area (Å²) in [5, 5.41) is 10.2. The van der Waals surface area contributed by atoms with Crippen LogP contribution < -0.4 is 10.6 Å². The van der Waals surface area contributed by atoms with E-state index in [0.29, 0.717) is 6.54 Å². The quantitative estimate of drug-likeness (QED) is 0.859. The molecule has 0 atom stereocenters. The number of aromatic nitrogens is 4. The lowest BCUT2D eigenvalue weighted by atomic mass is 10.1. The Morgan fingerprint density at radius 3 is 3.19 bits per heavy atom. The maximum atomic E-state index is 11.9. The van der Waals surface area contributed by atoms with Gasteiger partial charge >= 0.3 is 0 Å². The molecule has 0 aromatic carbocycles. The van der Waals surface area contributed by atoms with Crippen LogP contribution in [0.4, 0.5) is 0 Å². The van der Waals surface area contributed by atoms with Crippen molar-refractivity contribution >= 4 is 17.5 Å². The van der Waals surface area contributed by atoms with E-state index in [4.69, 9.17) is 11.6 Å². The summed E-state index contributed by atoms with van der Waals surface area (Å²) in [6.45, 7) is 2.17. The van der Waals surface area contributed by atoms with Crippen molar-refractivity contribution in [3.63, 3.8) is 0 Å². The van der Waals surface area contributed by atoms with Crippen LogP contribution in [0.5, 0.6) is 0 Å². The molecule has 110 valence electrons. The van der Waals surface area contributed by atoms with Crippen molar-refractivity contribution < 1.29 is 4.79 Å². The number of carbonyl (C=O) groups excluding carboxylic acids is 1. The topological polar surface area (TPSA) is 84.7 Å². The van der Waals surface area contributed by atoms with Crippen LogP contribution in [0.1, 0.15) is 27.4 Å². The summed E-state index contributed by atoms with van der Waals surface area (Å²) in [7, 11) is 1.63. The molecule has 2 aromatic rings. The minimum absolute atomic E-state index is 0.0649. The van der Waals surface area contributed by atoms with Crippen LogP contribution in [0, 0.1) is 0 Å². The van der Waals surface area contributed by atoms with Crippen molar-refractivity contribution in [2.75, 3.05) is 6.54 Å². The Labute approximate surface area is 126 Å². The second-order valence-corrected chi connectivity index (χ2v) is 5.22. The molecule has 0 unspecified atom stereocenters. The summed E-state index contributed by atoms with van der Waals surface area (Å²) in [6.07, 6.45) is 2.74. The number of hydrogen-bond donors (Lipinski definition) is 2. The van der Waals surface area contributed by atoms with Crippen LogP contribution in [0.25, 0.3) is 0 Å². The van der Waals surface area contributed by atoms with E-state index < -0.39 is 0 Å². The summed E-state index contributed by atoms with van der Waals surface area (Å²) in [6, 6.07) is 2.06. The number of aryl methyl sites for hydroxylation is 1. The summed E-state index contributed by atoms with van der Waals surface area (Å²) >= 11 is 5.76. The van der Waals surface area contributed by atoms with Gasteiger partial charge in [0.05, 0.1) is 0 Å². The number of carbonyl (C=O) groups is 1.